The van der Waals surface area contributed by atoms with Crippen LogP contribution in [0.5, 0.6) is 0 Å². The minimum absolute atomic E-state index is 0.631. The van der Waals surface area contributed by atoms with E-state index >= 15 is 0 Å². The van der Waals surface area contributed by atoms with Crippen LogP contribution >= 0.6 is 0 Å². The standard InChI is InChI=1S/C54H34N4.C2H6/c1-3-11-41-31-44(26-18-35(41)9-1)51-46-13-5-6-14-47(46)52(45-27-19-36-10-2-4-12-42(36)32-45)49-33-43(28-29-48(49)51)37-16-22-39(23-17-37)53-56-34-57-54(58-53)40-24-20-38(21-25-40)50-15-7-8-30-55-50;1-2/h1-34H;1-2H3. The fraction of sp³-hybridized carbons (Fsp3) is 0.0357. The SMILES string of the molecule is CC.c1ccc(-c2ccc(-c3ncnc(-c4ccc(-c5ccc6c(-c7ccc8ccccc8c7)c7ccccc7c(-c7ccc8ccccc8c7)c6c5)cc4)n3)cc2)nc1. The van der Waals surface area contributed by atoms with Crippen LogP contribution in [0.15, 0.2) is 207 Å². The molecule has 0 aliphatic rings. The first-order chi connectivity index (χ1) is 29.7. The van der Waals surface area contributed by atoms with Crippen molar-refractivity contribution in [1.29, 1.82) is 0 Å². The fourth-order valence-electron chi connectivity index (χ4n) is 8.38. The van der Waals surface area contributed by atoms with Gasteiger partial charge in [0, 0.05) is 22.9 Å². The molecule has 0 saturated carbocycles. The van der Waals surface area contributed by atoms with Crippen LogP contribution in [0, 0.1) is 0 Å². The van der Waals surface area contributed by atoms with E-state index in [-0.39, 0.29) is 0 Å². The smallest absolute Gasteiger partial charge is 0.163 e. The van der Waals surface area contributed by atoms with Crippen LogP contribution in [-0.2, 0) is 0 Å². The Morgan fingerprint density at radius 2 is 0.750 bits per heavy atom. The minimum atomic E-state index is 0.631. The molecule has 4 heteroatoms. The van der Waals surface area contributed by atoms with Gasteiger partial charge in [0.1, 0.15) is 6.33 Å². The largest absolute Gasteiger partial charge is 0.256 e. The summed E-state index contributed by atoms with van der Waals surface area (Å²) >= 11 is 0. The molecule has 0 unspecified atom stereocenters. The molecule has 0 fully saturated rings. The molecule has 0 spiro atoms. The summed E-state index contributed by atoms with van der Waals surface area (Å²) in [5, 5.41) is 9.85. The normalized spacial score (nSPS) is 11.2. The van der Waals surface area contributed by atoms with E-state index in [0.717, 1.165) is 33.5 Å². The molecular weight excluding hydrogens is 729 g/mol. The van der Waals surface area contributed by atoms with E-state index in [2.05, 4.69) is 179 Å². The molecule has 284 valence electrons. The van der Waals surface area contributed by atoms with E-state index < -0.39 is 0 Å². The van der Waals surface area contributed by atoms with E-state index in [0.29, 0.717) is 11.6 Å². The summed E-state index contributed by atoms with van der Waals surface area (Å²) in [5.41, 5.74) is 11.0. The van der Waals surface area contributed by atoms with Crippen LogP contribution in [0.4, 0.5) is 0 Å². The van der Waals surface area contributed by atoms with Gasteiger partial charge in [-0.15, -0.1) is 0 Å². The highest BCUT2D eigenvalue weighted by molar-refractivity contribution is 6.22. The highest BCUT2D eigenvalue weighted by atomic mass is 15.0. The van der Waals surface area contributed by atoms with Gasteiger partial charge >= 0.3 is 0 Å². The Balaban J connectivity index is 0.00000213. The van der Waals surface area contributed by atoms with Crippen molar-refractivity contribution in [2.45, 2.75) is 13.8 Å². The molecule has 0 bridgehead atoms. The second-order valence-electron chi connectivity index (χ2n) is 14.7. The molecule has 0 radical (unpaired) electrons. The van der Waals surface area contributed by atoms with Crippen molar-refractivity contribution in [2.75, 3.05) is 0 Å². The number of pyridine rings is 1. The topological polar surface area (TPSA) is 51.6 Å². The molecular formula is C56H40N4. The first-order valence-electron chi connectivity index (χ1n) is 20.5. The number of benzene rings is 9. The van der Waals surface area contributed by atoms with Gasteiger partial charge in [-0.3, -0.25) is 4.98 Å². The van der Waals surface area contributed by atoms with Crippen molar-refractivity contribution in [1.82, 2.24) is 19.9 Å². The molecule has 9 aromatic carbocycles. The lowest BCUT2D eigenvalue weighted by molar-refractivity contribution is 1.07. The van der Waals surface area contributed by atoms with Crippen LogP contribution in [0.2, 0.25) is 0 Å². The molecule has 0 aliphatic carbocycles. The molecule has 2 aromatic heterocycles. The zero-order valence-corrected chi connectivity index (χ0v) is 33.4. The Kier molecular flexibility index (Phi) is 9.64. The summed E-state index contributed by atoms with van der Waals surface area (Å²) in [7, 11) is 0. The molecule has 0 atom stereocenters. The van der Waals surface area contributed by atoms with Crippen molar-refractivity contribution in [3.8, 4) is 67.4 Å². The van der Waals surface area contributed by atoms with Crippen LogP contribution < -0.4 is 0 Å². The van der Waals surface area contributed by atoms with E-state index in [1.54, 1.807) is 12.5 Å². The lowest BCUT2D eigenvalue weighted by atomic mass is 9.84. The predicted molar refractivity (Wildman–Crippen MR) is 252 cm³/mol. The van der Waals surface area contributed by atoms with Crippen LogP contribution in [0.1, 0.15) is 13.8 Å². The minimum Gasteiger partial charge on any atom is -0.256 e. The second-order valence-corrected chi connectivity index (χ2v) is 14.7. The third kappa shape index (κ3) is 6.74. The zero-order valence-electron chi connectivity index (χ0n) is 33.4. The van der Waals surface area contributed by atoms with Gasteiger partial charge in [0.25, 0.3) is 0 Å². The van der Waals surface area contributed by atoms with Crippen molar-refractivity contribution >= 4 is 43.1 Å². The van der Waals surface area contributed by atoms with Crippen molar-refractivity contribution in [3.63, 3.8) is 0 Å². The Bertz CT molecular complexity index is 3320. The number of nitrogens with zero attached hydrogens (tertiary/aromatic N) is 4. The predicted octanol–water partition coefficient (Wildman–Crippen LogP) is 14.9. The Labute approximate surface area is 349 Å². The molecule has 2 heterocycles. The van der Waals surface area contributed by atoms with Crippen molar-refractivity contribution in [3.05, 3.63) is 207 Å². The molecule has 0 saturated heterocycles. The van der Waals surface area contributed by atoms with Crippen molar-refractivity contribution < 1.29 is 0 Å². The average Bonchev–Trinajstić information content (AvgIpc) is 3.34. The quantitative estimate of drug-likeness (QED) is 0.158. The summed E-state index contributed by atoms with van der Waals surface area (Å²) in [6.45, 7) is 4.00. The molecule has 11 aromatic rings. The maximum atomic E-state index is 4.87. The molecule has 0 N–H and O–H groups in total. The van der Waals surface area contributed by atoms with Gasteiger partial charge < -0.3 is 0 Å². The first-order valence-corrected chi connectivity index (χ1v) is 20.5. The van der Waals surface area contributed by atoms with E-state index in [9.17, 15) is 0 Å². The van der Waals surface area contributed by atoms with Gasteiger partial charge in [-0.25, -0.2) is 15.0 Å². The first kappa shape index (κ1) is 36.5. The molecule has 60 heavy (non-hydrogen) atoms. The maximum absolute atomic E-state index is 4.87. The molecule has 11 rings (SSSR count). The number of hydrogen-bond donors (Lipinski definition) is 0. The van der Waals surface area contributed by atoms with Crippen LogP contribution in [0.25, 0.3) is 111 Å². The van der Waals surface area contributed by atoms with E-state index in [1.807, 2.05) is 44.2 Å². The molecule has 0 amide bonds. The van der Waals surface area contributed by atoms with Gasteiger partial charge in [0.15, 0.2) is 11.6 Å². The third-order valence-electron chi connectivity index (χ3n) is 11.3. The highest BCUT2D eigenvalue weighted by Crippen LogP contribution is 2.46. The summed E-state index contributed by atoms with van der Waals surface area (Å²) in [5.74, 6) is 1.26. The van der Waals surface area contributed by atoms with Crippen molar-refractivity contribution in [2.24, 2.45) is 0 Å². The van der Waals surface area contributed by atoms with Gasteiger partial charge in [0.05, 0.1) is 5.69 Å². The second kappa shape index (κ2) is 15.8. The molecule has 0 aliphatic heterocycles. The van der Waals surface area contributed by atoms with Crippen LogP contribution in [0.3, 0.4) is 0 Å². The number of rotatable bonds is 6. The van der Waals surface area contributed by atoms with E-state index in [4.69, 9.17) is 4.98 Å². The lowest BCUT2D eigenvalue weighted by Crippen LogP contribution is -1.95. The Morgan fingerprint density at radius 3 is 1.32 bits per heavy atom. The average molecular weight is 769 g/mol. The molecule has 4 nitrogen and oxygen atoms in total. The van der Waals surface area contributed by atoms with Gasteiger partial charge in [-0.1, -0.05) is 178 Å². The summed E-state index contributed by atoms with van der Waals surface area (Å²) in [6, 6.07) is 69.4. The number of fused-ring (bicyclic) bond motifs is 4. The van der Waals surface area contributed by atoms with Gasteiger partial charge in [-0.05, 0) is 107 Å². The third-order valence-corrected chi connectivity index (χ3v) is 11.3. The number of hydrogen-bond acceptors (Lipinski definition) is 4. The summed E-state index contributed by atoms with van der Waals surface area (Å²) in [6.07, 6.45) is 3.40. The van der Waals surface area contributed by atoms with E-state index in [1.165, 1.54) is 65.3 Å². The highest BCUT2D eigenvalue weighted by Gasteiger charge is 2.18. The van der Waals surface area contributed by atoms with Gasteiger partial charge in [-0.2, -0.15) is 0 Å². The summed E-state index contributed by atoms with van der Waals surface area (Å²) in [4.78, 5) is 18.4. The Morgan fingerprint density at radius 1 is 0.300 bits per heavy atom. The monoisotopic (exact) mass is 768 g/mol. The lowest BCUT2D eigenvalue weighted by Gasteiger charge is -2.19. The van der Waals surface area contributed by atoms with Crippen LogP contribution in [-0.4, -0.2) is 19.9 Å². The fourth-order valence-corrected chi connectivity index (χ4v) is 8.38. The zero-order chi connectivity index (χ0) is 40.4. The number of aromatic nitrogens is 4. The van der Waals surface area contributed by atoms with Gasteiger partial charge in [0.2, 0.25) is 0 Å². The Hall–Kier alpha value is -7.82. The maximum Gasteiger partial charge on any atom is 0.163 e. The summed E-state index contributed by atoms with van der Waals surface area (Å²) < 4.78 is 0.